The fourth-order valence-electron chi connectivity index (χ4n) is 1.36. The molecule has 0 spiro atoms. The molecule has 0 aliphatic heterocycles. The highest BCUT2D eigenvalue weighted by molar-refractivity contribution is 6.35. The van der Waals surface area contributed by atoms with Gasteiger partial charge < -0.3 is 4.98 Å². The van der Waals surface area contributed by atoms with Crippen molar-refractivity contribution >= 4 is 28.3 Å². The van der Waals surface area contributed by atoms with Crippen molar-refractivity contribution in [3.63, 3.8) is 0 Å². The van der Waals surface area contributed by atoms with Gasteiger partial charge in [0, 0.05) is 12.3 Å². The number of benzene rings is 1. The number of aromatic nitrogens is 1. The average molecular weight is 212 g/mol. The minimum atomic E-state index is -0.406. The van der Waals surface area contributed by atoms with Gasteiger partial charge in [-0.15, -0.1) is 0 Å². The van der Waals surface area contributed by atoms with Crippen molar-refractivity contribution < 1.29 is 9.18 Å². The first-order valence-corrected chi connectivity index (χ1v) is 4.44. The zero-order valence-electron chi connectivity index (χ0n) is 7.40. The number of carbonyl (C=O) groups excluding carboxylic acids is 1. The molecule has 0 saturated heterocycles. The van der Waals surface area contributed by atoms with Gasteiger partial charge in [-0.2, -0.15) is 0 Å². The smallest absolute Gasteiger partial charge is 0.175 e. The molecule has 0 radical (unpaired) electrons. The Labute approximate surface area is 84.7 Å². The van der Waals surface area contributed by atoms with E-state index in [1.807, 2.05) is 0 Å². The number of nitrogens with one attached hydrogen (secondary N) is 1. The number of Topliss-reactive ketones (excluding diaryl/α,β-unsaturated/α-hetero) is 1. The fraction of sp³-hybridized carbons (Fsp3) is 0.100. The van der Waals surface area contributed by atoms with E-state index in [1.165, 1.54) is 19.1 Å². The quantitative estimate of drug-likeness (QED) is 0.722. The summed E-state index contributed by atoms with van der Waals surface area (Å²) in [6, 6.07) is 4.14. The minimum absolute atomic E-state index is 0.0994. The van der Waals surface area contributed by atoms with Crippen LogP contribution in [0.4, 0.5) is 4.39 Å². The molecule has 2 rings (SSSR count). The van der Waals surface area contributed by atoms with Gasteiger partial charge in [0.25, 0.3) is 0 Å². The Kier molecular flexibility index (Phi) is 2.04. The standard InChI is InChI=1S/C10H7ClFNO/c1-5(14)9-3-6-2-7(12)4-8(11)10(6)13-9/h2-4,13H,1H3. The van der Waals surface area contributed by atoms with Gasteiger partial charge in [-0.3, -0.25) is 4.79 Å². The van der Waals surface area contributed by atoms with Gasteiger partial charge in [0.2, 0.25) is 0 Å². The van der Waals surface area contributed by atoms with Gasteiger partial charge in [-0.25, -0.2) is 4.39 Å². The second-order valence-corrected chi connectivity index (χ2v) is 3.50. The molecule has 1 aromatic carbocycles. The summed E-state index contributed by atoms with van der Waals surface area (Å²) in [4.78, 5) is 13.9. The molecule has 0 aliphatic rings. The number of halogens is 2. The summed E-state index contributed by atoms with van der Waals surface area (Å²) >= 11 is 5.80. The zero-order chi connectivity index (χ0) is 10.3. The Morgan fingerprint density at radius 2 is 2.14 bits per heavy atom. The van der Waals surface area contributed by atoms with Gasteiger partial charge in [0.1, 0.15) is 5.82 Å². The van der Waals surface area contributed by atoms with E-state index in [-0.39, 0.29) is 10.8 Å². The summed E-state index contributed by atoms with van der Waals surface area (Å²) in [5.74, 6) is -0.505. The second-order valence-electron chi connectivity index (χ2n) is 3.09. The van der Waals surface area contributed by atoms with Crippen molar-refractivity contribution in [2.24, 2.45) is 0 Å². The summed E-state index contributed by atoms with van der Waals surface area (Å²) in [5, 5.41) is 0.896. The molecule has 1 N–H and O–H groups in total. The third-order valence-electron chi connectivity index (χ3n) is 2.02. The number of ketones is 1. The lowest BCUT2D eigenvalue weighted by atomic mass is 10.2. The predicted molar refractivity (Wildman–Crippen MR) is 53.3 cm³/mol. The number of H-pyrrole nitrogens is 1. The van der Waals surface area contributed by atoms with Crippen molar-refractivity contribution in [1.82, 2.24) is 4.98 Å². The maximum atomic E-state index is 12.9. The molecule has 0 fully saturated rings. The highest BCUT2D eigenvalue weighted by Gasteiger charge is 2.08. The van der Waals surface area contributed by atoms with Crippen molar-refractivity contribution in [3.05, 3.63) is 34.7 Å². The molecule has 2 nitrogen and oxygen atoms in total. The van der Waals surface area contributed by atoms with E-state index < -0.39 is 5.82 Å². The van der Waals surface area contributed by atoms with Crippen LogP contribution in [0.15, 0.2) is 18.2 Å². The second kappa shape index (κ2) is 3.10. The summed E-state index contributed by atoms with van der Waals surface area (Å²) < 4.78 is 12.9. The van der Waals surface area contributed by atoms with Gasteiger partial charge in [-0.1, -0.05) is 11.6 Å². The molecular formula is C10H7ClFNO. The molecule has 2 aromatic rings. The van der Waals surface area contributed by atoms with Crippen molar-refractivity contribution in [2.75, 3.05) is 0 Å². The van der Waals surface area contributed by atoms with E-state index in [9.17, 15) is 9.18 Å². The van der Waals surface area contributed by atoms with Crippen molar-refractivity contribution in [2.45, 2.75) is 6.92 Å². The van der Waals surface area contributed by atoms with Crippen LogP contribution in [-0.4, -0.2) is 10.8 Å². The lowest BCUT2D eigenvalue weighted by Crippen LogP contribution is -1.89. The third-order valence-corrected chi connectivity index (χ3v) is 2.32. The molecule has 0 saturated carbocycles. The number of rotatable bonds is 1. The first kappa shape index (κ1) is 9.21. The average Bonchev–Trinajstić information content (AvgIpc) is 2.47. The highest BCUT2D eigenvalue weighted by Crippen LogP contribution is 2.25. The minimum Gasteiger partial charge on any atom is -0.351 e. The Morgan fingerprint density at radius 1 is 1.43 bits per heavy atom. The van der Waals surface area contributed by atoms with Crippen LogP contribution in [0.3, 0.4) is 0 Å². The molecule has 0 atom stereocenters. The molecule has 4 heteroatoms. The van der Waals surface area contributed by atoms with Gasteiger partial charge in [-0.05, 0) is 18.2 Å². The van der Waals surface area contributed by atoms with Crippen LogP contribution in [0.25, 0.3) is 10.9 Å². The fourth-order valence-corrected chi connectivity index (χ4v) is 1.62. The lowest BCUT2D eigenvalue weighted by Gasteiger charge is -1.93. The summed E-state index contributed by atoms with van der Waals surface area (Å²) in [6.07, 6.45) is 0. The van der Waals surface area contributed by atoms with Crippen LogP contribution in [-0.2, 0) is 0 Å². The molecule has 1 aromatic heterocycles. The largest absolute Gasteiger partial charge is 0.351 e. The maximum Gasteiger partial charge on any atom is 0.175 e. The van der Waals surface area contributed by atoms with Crippen LogP contribution < -0.4 is 0 Å². The molecule has 14 heavy (non-hydrogen) atoms. The Hall–Kier alpha value is -1.35. The molecular weight excluding hydrogens is 205 g/mol. The normalized spacial score (nSPS) is 10.8. The monoisotopic (exact) mass is 211 g/mol. The highest BCUT2D eigenvalue weighted by atomic mass is 35.5. The molecule has 1 heterocycles. The third kappa shape index (κ3) is 1.40. The van der Waals surface area contributed by atoms with Crippen LogP contribution in [0.5, 0.6) is 0 Å². The van der Waals surface area contributed by atoms with E-state index in [4.69, 9.17) is 11.6 Å². The Morgan fingerprint density at radius 3 is 2.79 bits per heavy atom. The van der Waals surface area contributed by atoms with E-state index in [1.54, 1.807) is 6.07 Å². The number of hydrogen-bond donors (Lipinski definition) is 1. The van der Waals surface area contributed by atoms with E-state index in [0.29, 0.717) is 16.6 Å². The summed E-state index contributed by atoms with van der Waals surface area (Å²) in [6.45, 7) is 1.44. The zero-order valence-corrected chi connectivity index (χ0v) is 8.15. The van der Waals surface area contributed by atoms with Gasteiger partial charge >= 0.3 is 0 Å². The van der Waals surface area contributed by atoms with Crippen LogP contribution >= 0.6 is 11.6 Å². The number of fused-ring (bicyclic) bond motifs is 1. The predicted octanol–water partition coefficient (Wildman–Crippen LogP) is 3.16. The van der Waals surface area contributed by atoms with Crippen molar-refractivity contribution in [1.29, 1.82) is 0 Å². The van der Waals surface area contributed by atoms with Crippen LogP contribution in [0.1, 0.15) is 17.4 Å². The van der Waals surface area contributed by atoms with Crippen LogP contribution in [0.2, 0.25) is 5.02 Å². The van der Waals surface area contributed by atoms with Crippen molar-refractivity contribution in [3.8, 4) is 0 Å². The van der Waals surface area contributed by atoms with E-state index >= 15 is 0 Å². The number of hydrogen-bond acceptors (Lipinski definition) is 1. The van der Waals surface area contributed by atoms with Gasteiger partial charge in [0.05, 0.1) is 16.2 Å². The maximum absolute atomic E-state index is 12.9. The molecule has 72 valence electrons. The Balaban J connectivity index is 2.76. The molecule has 0 unspecified atom stereocenters. The first-order chi connectivity index (χ1) is 6.58. The molecule has 0 aliphatic carbocycles. The summed E-state index contributed by atoms with van der Waals surface area (Å²) in [7, 11) is 0. The molecule has 0 amide bonds. The molecule has 0 bridgehead atoms. The number of aromatic amines is 1. The topological polar surface area (TPSA) is 32.9 Å². The summed E-state index contributed by atoms with van der Waals surface area (Å²) in [5.41, 5.74) is 1.03. The number of carbonyl (C=O) groups is 1. The first-order valence-electron chi connectivity index (χ1n) is 4.06. The van der Waals surface area contributed by atoms with E-state index in [0.717, 1.165) is 0 Å². The lowest BCUT2D eigenvalue weighted by molar-refractivity contribution is 0.101. The SMILES string of the molecule is CC(=O)c1cc2cc(F)cc(Cl)c2[nH]1. The Bertz CT molecular complexity index is 518. The van der Waals surface area contributed by atoms with Crippen LogP contribution in [0, 0.1) is 5.82 Å². The van der Waals surface area contributed by atoms with Gasteiger partial charge in [0.15, 0.2) is 5.78 Å². The van der Waals surface area contributed by atoms with E-state index in [2.05, 4.69) is 4.98 Å².